The standard InChI is InChI=1S/C15H21N3S/c1-4-18(5-2)8-9-19-15-13-10-12(3)6-7-14(13)16-11-17-15/h6-7,10-11H,4-5,8-9H2,1-3H3. The van der Waals surface area contributed by atoms with Crippen LogP contribution in [0.2, 0.25) is 0 Å². The third kappa shape index (κ3) is 3.67. The number of thioether (sulfide) groups is 1. The van der Waals surface area contributed by atoms with E-state index in [1.54, 1.807) is 6.33 Å². The fourth-order valence-corrected chi connectivity index (χ4v) is 3.06. The molecular formula is C15H21N3S. The number of hydrogen-bond donors (Lipinski definition) is 0. The van der Waals surface area contributed by atoms with Gasteiger partial charge in [0.15, 0.2) is 0 Å². The van der Waals surface area contributed by atoms with Gasteiger partial charge in [0.25, 0.3) is 0 Å². The Morgan fingerprint density at radius 3 is 2.68 bits per heavy atom. The van der Waals surface area contributed by atoms with Gasteiger partial charge in [0, 0.05) is 17.7 Å². The Labute approximate surface area is 119 Å². The maximum atomic E-state index is 4.43. The zero-order valence-corrected chi connectivity index (χ0v) is 12.7. The van der Waals surface area contributed by atoms with Gasteiger partial charge in [0.2, 0.25) is 0 Å². The Kier molecular flexibility index (Phi) is 5.16. The molecule has 1 heterocycles. The molecule has 0 saturated carbocycles. The summed E-state index contributed by atoms with van der Waals surface area (Å²) in [4.78, 5) is 11.2. The predicted molar refractivity (Wildman–Crippen MR) is 82.8 cm³/mol. The minimum atomic E-state index is 1.03. The van der Waals surface area contributed by atoms with Crippen molar-refractivity contribution in [1.29, 1.82) is 0 Å². The highest BCUT2D eigenvalue weighted by Gasteiger charge is 2.05. The molecule has 0 saturated heterocycles. The first-order valence-electron chi connectivity index (χ1n) is 6.81. The van der Waals surface area contributed by atoms with Crippen LogP contribution >= 0.6 is 11.8 Å². The molecule has 2 rings (SSSR count). The molecule has 0 aliphatic rings. The number of aryl methyl sites for hydroxylation is 1. The van der Waals surface area contributed by atoms with Crippen LogP contribution in [0, 0.1) is 6.92 Å². The Morgan fingerprint density at radius 1 is 1.16 bits per heavy atom. The quantitative estimate of drug-likeness (QED) is 0.597. The van der Waals surface area contributed by atoms with Crippen LogP contribution in [0.5, 0.6) is 0 Å². The van der Waals surface area contributed by atoms with Crippen LogP contribution in [-0.4, -0.2) is 40.3 Å². The lowest BCUT2D eigenvalue weighted by Gasteiger charge is -2.17. The van der Waals surface area contributed by atoms with Crippen molar-refractivity contribution in [3.63, 3.8) is 0 Å². The van der Waals surface area contributed by atoms with Crippen molar-refractivity contribution < 1.29 is 0 Å². The summed E-state index contributed by atoms with van der Waals surface area (Å²) in [7, 11) is 0. The highest BCUT2D eigenvalue weighted by molar-refractivity contribution is 7.99. The van der Waals surface area contributed by atoms with Crippen molar-refractivity contribution in [1.82, 2.24) is 14.9 Å². The Balaban J connectivity index is 2.10. The van der Waals surface area contributed by atoms with Gasteiger partial charge in [-0.2, -0.15) is 0 Å². The van der Waals surface area contributed by atoms with Crippen LogP contribution in [0.25, 0.3) is 10.9 Å². The maximum absolute atomic E-state index is 4.43. The molecule has 1 aromatic carbocycles. The molecule has 4 heteroatoms. The number of benzene rings is 1. The van der Waals surface area contributed by atoms with Gasteiger partial charge < -0.3 is 4.90 Å². The van der Waals surface area contributed by atoms with E-state index in [-0.39, 0.29) is 0 Å². The van der Waals surface area contributed by atoms with Crippen LogP contribution in [0.15, 0.2) is 29.6 Å². The second kappa shape index (κ2) is 6.87. The molecule has 0 amide bonds. The van der Waals surface area contributed by atoms with Gasteiger partial charge in [-0.25, -0.2) is 9.97 Å². The molecule has 1 aromatic heterocycles. The summed E-state index contributed by atoms with van der Waals surface area (Å²) in [6.07, 6.45) is 1.66. The van der Waals surface area contributed by atoms with Crippen LogP contribution in [0.1, 0.15) is 19.4 Å². The fourth-order valence-electron chi connectivity index (χ4n) is 2.07. The van der Waals surface area contributed by atoms with E-state index in [4.69, 9.17) is 0 Å². The van der Waals surface area contributed by atoms with Crippen LogP contribution < -0.4 is 0 Å². The normalized spacial score (nSPS) is 11.4. The van der Waals surface area contributed by atoms with Crippen molar-refractivity contribution in [2.45, 2.75) is 25.8 Å². The summed E-state index contributed by atoms with van der Waals surface area (Å²) in [6, 6.07) is 6.34. The first kappa shape index (κ1) is 14.3. The van der Waals surface area contributed by atoms with E-state index in [2.05, 4.69) is 53.8 Å². The zero-order valence-electron chi connectivity index (χ0n) is 11.9. The van der Waals surface area contributed by atoms with Gasteiger partial charge in [0.05, 0.1) is 5.52 Å². The molecule has 19 heavy (non-hydrogen) atoms. The number of fused-ring (bicyclic) bond motifs is 1. The maximum Gasteiger partial charge on any atom is 0.117 e. The molecule has 0 unspecified atom stereocenters. The monoisotopic (exact) mass is 275 g/mol. The third-order valence-electron chi connectivity index (χ3n) is 3.29. The summed E-state index contributed by atoms with van der Waals surface area (Å²) in [5, 5.41) is 2.27. The number of rotatable bonds is 6. The summed E-state index contributed by atoms with van der Waals surface area (Å²) >= 11 is 1.82. The van der Waals surface area contributed by atoms with Gasteiger partial charge in [0.1, 0.15) is 11.4 Å². The van der Waals surface area contributed by atoms with E-state index < -0.39 is 0 Å². The molecule has 2 aromatic rings. The summed E-state index contributed by atoms with van der Waals surface area (Å²) < 4.78 is 0. The van der Waals surface area contributed by atoms with Gasteiger partial charge >= 0.3 is 0 Å². The topological polar surface area (TPSA) is 29.0 Å². The molecule has 0 radical (unpaired) electrons. The molecule has 102 valence electrons. The Bertz CT molecular complexity index is 538. The van der Waals surface area contributed by atoms with Crippen molar-refractivity contribution in [2.75, 3.05) is 25.4 Å². The van der Waals surface area contributed by atoms with Crippen molar-refractivity contribution >= 4 is 22.7 Å². The van der Waals surface area contributed by atoms with Crippen LogP contribution in [-0.2, 0) is 0 Å². The first-order chi connectivity index (χ1) is 9.24. The average Bonchev–Trinajstić information content (AvgIpc) is 2.44. The molecule has 0 N–H and O–H groups in total. The van der Waals surface area contributed by atoms with Gasteiger partial charge in [-0.3, -0.25) is 0 Å². The molecule has 0 aliphatic heterocycles. The number of nitrogens with zero attached hydrogens (tertiary/aromatic N) is 3. The summed E-state index contributed by atoms with van der Waals surface area (Å²) in [5.41, 5.74) is 2.29. The molecule has 0 aliphatic carbocycles. The van der Waals surface area contributed by atoms with Crippen LogP contribution in [0.4, 0.5) is 0 Å². The molecule has 3 nitrogen and oxygen atoms in total. The number of hydrogen-bond acceptors (Lipinski definition) is 4. The van der Waals surface area contributed by atoms with Crippen molar-refractivity contribution in [2.24, 2.45) is 0 Å². The fraction of sp³-hybridized carbons (Fsp3) is 0.467. The summed E-state index contributed by atoms with van der Waals surface area (Å²) in [5.74, 6) is 1.07. The highest BCUT2D eigenvalue weighted by Crippen LogP contribution is 2.25. The highest BCUT2D eigenvalue weighted by atomic mass is 32.2. The van der Waals surface area contributed by atoms with E-state index in [9.17, 15) is 0 Å². The average molecular weight is 275 g/mol. The molecule has 0 fully saturated rings. The Hall–Kier alpha value is -1.13. The molecule has 0 spiro atoms. The Morgan fingerprint density at radius 2 is 1.95 bits per heavy atom. The zero-order chi connectivity index (χ0) is 13.7. The smallest absolute Gasteiger partial charge is 0.117 e. The lowest BCUT2D eigenvalue weighted by Crippen LogP contribution is -2.25. The van der Waals surface area contributed by atoms with E-state index in [0.29, 0.717) is 0 Å². The van der Waals surface area contributed by atoms with E-state index in [0.717, 1.165) is 35.9 Å². The lowest BCUT2D eigenvalue weighted by atomic mass is 10.2. The predicted octanol–water partition coefficient (Wildman–Crippen LogP) is 3.37. The molecule has 0 bridgehead atoms. The van der Waals surface area contributed by atoms with E-state index in [1.165, 1.54) is 10.9 Å². The molecular weight excluding hydrogens is 254 g/mol. The first-order valence-corrected chi connectivity index (χ1v) is 7.79. The van der Waals surface area contributed by atoms with E-state index in [1.807, 2.05) is 11.8 Å². The van der Waals surface area contributed by atoms with Crippen molar-refractivity contribution in [3.8, 4) is 0 Å². The van der Waals surface area contributed by atoms with E-state index >= 15 is 0 Å². The second-order valence-corrected chi connectivity index (χ2v) is 5.66. The minimum absolute atomic E-state index is 1.03. The largest absolute Gasteiger partial charge is 0.303 e. The number of aromatic nitrogens is 2. The third-order valence-corrected chi connectivity index (χ3v) is 4.28. The van der Waals surface area contributed by atoms with Crippen molar-refractivity contribution in [3.05, 3.63) is 30.1 Å². The summed E-state index contributed by atoms with van der Waals surface area (Å²) in [6.45, 7) is 9.85. The van der Waals surface area contributed by atoms with Crippen LogP contribution in [0.3, 0.4) is 0 Å². The lowest BCUT2D eigenvalue weighted by molar-refractivity contribution is 0.324. The minimum Gasteiger partial charge on any atom is -0.303 e. The SMILES string of the molecule is CCN(CC)CCSc1ncnc2ccc(C)cc12. The van der Waals surface area contributed by atoms with Gasteiger partial charge in [-0.15, -0.1) is 11.8 Å². The van der Waals surface area contributed by atoms with Gasteiger partial charge in [-0.05, 0) is 32.1 Å². The van der Waals surface area contributed by atoms with Gasteiger partial charge in [-0.1, -0.05) is 25.5 Å². The second-order valence-electron chi connectivity index (χ2n) is 4.57. The molecule has 0 atom stereocenters.